The molecule has 7 heteroatoms. The molecule has 1 aliphatic heterocycles. The first kappa shape index (κ1) is 24.6. The van der Waals surface area contributed by atoms with Gasteiger partial charge in [-0.2, -0.15) is 0 Å². The zero-order valence-electron chi connectivity index (χ0n) is 21.2. The molecule has 38 heavy (non-hydrogen) atoms. The summed E-state index contributed by atoms with van der Waals surface area (Å²) in [6.45, 7) is 5.25. The minimum Gasteiger partial charge on any atom is -0.507 e. The Labute approximate surface area is 225 Å². The summed E-state index contributed by atoms with van der Waals surface area (Å²) in [6.07, 6.45) is 3.83. The van der Waals surface area contributed by atoms with E-state index >= 15 is 0 Å². The van der Waals surface area contributed by atoms with Crippen molar-refractivity contribution in [3.05, 3.63) is 92.6 Å². The average Bonchev–Trinajstić information content (AvgIpc) is 3.15. The molecule has 6 nitrogen and oxygen atoms in total. The summed E-state index contributed by atoms with van der Waals surface area (Å²) in [5.74, 6) is -3.41. The quantitative estimate of drug-likeness (QED) is 0.325. The number of phenolic OH excluding ortho intramolecular Hbond substituents is 1. The number of aromatic hydroxyl groups is 1. The Morgan fingerprint density at radius 1 is 0.947 bits per heavy atom. The summed E-state index contributed by atoms with van der Waals surface area (Å²) in [6, 6.07) is 10.5. The molecule has 6 rings (SSSR count). The number of nitrogens with zero attached hydrogens (tertiary/aromatic N) is 1. The number of hydrogen-bond acceptors (Lipinski definition) is 5. The van der Waals surface area contributed by atoms with Gasteiger partial charge in [-0.15, -0.1) is 0 Å². The van der Waals surface area contributed by atoms with Crippen molar-refractivity contribution in [2.75, 3.05) is 4.90 Å². The normalized spacial score (nSPS) is 26.7. The Balaban J connectivity index is 1.50. The van der Waals surface area contributed by atoms with Crippen molar-refractivity contribution >= 4 is 40.7 Å². The first-order chi connectivity index (χ1) is 18.1. The van der Waals surface area contributed by atoms with Crippen LogP contribution in [0.3, 0.4) is 0 Å². The van der Waals surface area contributed by atoms with Crippen molar-refractivity contribution in [2.24, 2.45) is 17.8 Å². The first-order valence-electron chi connectivity index (χ1n) is 12.7. The maximum atomic E-state index is 13.9. The molecular weight excluding hydrogens is 502 g/mol. The van der Waals surface area contributed by atoms with Gasteiger partial charge < -0.3 is 5.11 Å². The van der Waals surface area contributed by atoms with Gasteiger partial charge in [0.25, 0.3) is 0 Å². The number of ketones is 2. The van der Waals surface area contributed by atoms with E-state index in [1.165, 1.54) is 11.0 Å². The van der Waals surface area contributed by atoms with Crippen LogP contribution in [0.2, 0.25) is 5.02 Å². The van der Waals surface area contributed by atoms with E-state index in [1.54, 1.807) is 44.2 Å². The zero-order valence-corrected chi connectivity index (χ0v) is 22.0. The van der Waals surface area contributed by atoms with Gasteiger partial charge in [0.15, 0.2) is 11.6 Å². The lowest BCUT2D eigenvalue weighted by atomic mass is 9.59. The van der Waals surface area contributed by atoms with E-state index in [1.807, 2.05) is 19.1 Å². The number of anilines is 1. The lowest BCUT2D eigenvalue weighted by Crippen LogP contribution is -2.39. The summed E-state index contributed by atoms with van der Waals surface area (Å²) in [5, 5.41) is 11.5. The molecule has 0 radical (unpaired) electrons. The number of para-hydroxylation sites is 1. The highest BCUT2D eigenvalue weighted by atomic mass is 35.5. The van der Waals surface area contributed by atoms with Crippen molar-refractivity contribution in [1.29, 1.82) is 0 Å². The molecule has 1 fully saturated rings. The number of rotatable bonds is 2. The fourth-order valence-corrected chi connectivity index (χ4v) is 6.78. The number of Topliss-reactive ketones (excluding diaryl/α,β-unsaturated/α-hetero) is 1. The van der Waals surface area contributed by atoms with Crippen molar-refractivity contribution in [3.8, 4) is 5.75 Å². The summed E-state index contributed by atoms with van der Waals surface area (Å²) in [5.41, 5.74) is 4.35. The third-order valence-corrected chi connectivity index (χ3v) is 8.97. The molecule has 2 amide bonds. The summed E-state index contributed by atoms with van der Waals surface area (Å²) < 4.78 is 0. The number of imide groups is 1. The van der Waals surface area contributed by atoms with Gasteiger partial charge >= 0.3 is 0 Å². The lowest BCUT2D eigenvalue weighted by molar-refractivity contribution is -0.123. The van der Waals surface area contributed by atoms with E-state index in [2.05, 4.69) is 0 Å². The molecule has 4 aliphatic rings. The Kier molecular flexibility index (Phi) is 5.58. The van der Waals surface area contributed by atoms with Crippen molar-refractivity contribution in [2.45, 2.75) is 39.5 Å². The maximum absolute atomic E-state index is 13.9. The Morgan fingerprint density at radius 3 is 2.45 bits per heavy atom. The van der Waals surface area contributed by atoms with Crippen LogP contribution in [0.25, 0.3) is 0 Å². The average molecular weight is 528 g/mol. The van der Waals surface area contributed by atoms with Crippen LogP contribution in [0.4, 0.5) is 5.69 Å². The summed E-state index contributed by atoms with van der Waals surface area (Å²) in [4.78, 5) is 55.4. The van der Waals surface area contributed by atoms with Gasteiger partial charge in [-0.1, -0.05) is 47.5 Å². The Hall–Kier alpha value is -3.77. The topological polar surface area (TPSA) is 91.8 Å². The zero-order chi connectivity index (χ0) is 27.0. The molecule has 2 aromatic carbocycles. The third-order valence-electron chi connectivity index (χ3n) is 8.56. The van der Waals surface area contributed by atoms with Gasteiger partial charge in [-0.3, -0.25) is 19.2 Å². The third kappa shape index (κ3) is 3.39. The van der Waals surface area contributed by atoms with Crippen LogP contribution < -0.4 is 4.90 Å². The Morgan fingerprint density at radius 2 is 1.71 bits per heavy atom. The minimum absolute atomic E-state index is 0.0604. The number of amides is 2. The molecule has 2 aromatic rings. The van der Waals surface area contributed by atoms with E-state index in [0.29, 0.717) is 45.0 Å². The number of hydrogen-bond donors (Lipinski definition) is 1. The molecule has 192 valence electrons. The molecule has 1 N–H and O–H groups in total. The number of aryl methyl sites for hydroxylation is 2. The van der Waals surface area contributed by atoms with Crippen LogP contribution in [-0.4, -0.2) is 28.5 Å². The van der Waals surface area contributed by atoms with Gasteiger partial charge in [0.1, 0.15) is 5.75 Å². The predicted molar refractivity (Wildman–Crippen MR) is 143 cm³/mol. The number of benzene rings is 2. The monoisotopic (exact) mass is 527 g/mol. The predicted octanol–water partition coefficient (Wildman–Crippen LogP) is 5.30. The van der Waals surface area contributed by atoms with Gasteiger partial charge in [0.05, 0.1) is 17.5 Å². The van der Waals surface area contributed by atoms with Crippen LogP contribution in [0.1, 0.15) is 42.4 Å². The first-order valence-corrected chi connectivity index (χ1v) is 13.1. The second-order valence-corrected chi connectivity index (χ2v) is 11.1. The molecule has 3 aliphatic carbocycles. The van der Waals surface area contributed by atoms with Crippen molar-refractivity contribution < 1.29 is 24.3 Å². The fourth-order valence-electron chi connectivity index (χ4n) is 6.61. The number of halogens is 1. The lowest BCUT2D eigenvalue weighted by Gasteiger charge is -2.42. The second-order valence-electron chi connectivity index (χ2n) is 10.7. The minimum atomic E-state index is -0.680. The molecule has 1 saturated heterocycles. The molecule has 4 atom stereocenters. The molecule has 0 aromatic heterocycles. The summed E-state index contributed by atoms with van der Waals surface area (Å²) in [7, 11) is 0. The Bertz CT molecular complexity index is 1580. The van der Waals surface area contributed by atoms with Crippen LogP contribution in [-0.2, 0) is 19.2 Å². The number of phenols is 1. The number of allylic oxidation sites excluding steroid dienone is 6. The van der Waals surface area contributed by atoms with Crippen LogP contribution in [0.5, 0.6) is 5.75 Å². The fraction of sp³-hybridized carbons (Fsp3) is 0.290. The van der Waals surface area contributed by atoms with Gasteiger partial charge in [0.2, 0.25) is 11.8 Å². The van der Waals surface area contributed by atoms with Gasteiger partial charge in [-0.25, -0.2) is 4.90 Å². The number of carbonyl (C=O) groups excluding carboxylic acids is 4. The maximum Gasteiger partial charge on any atom is 0.238 e. The van der Waals surface area contributed by atoms with E-state index in [-0.39, 0.29) is 35.6 Å². The molecule has 0 bridgehead atoms. The number of carbonyl (C=O) groups is 4. The van der Waals surface area contributed by atoms with E-state index in [4.69, 9.17) is 11.6 Å². The van der Waals surface area contributed by atoms with E-state index in [0.717, 1.165) is 11.1 Å². The number of fused-ring (bicyclic) bond motifs is 3. The van der Waals surface area contributed by atoms with Crippen molar-refractivity contribution in [1.82, 2.24) is 0 Å². The van der Waals surface area contributed by atoms with Crippen LogP contribution in [0, 0.1) is 31.6 Å². The molecular formula is C31H26ClNO5. The largest absolute Gasteiger partial charge is 0.507 e. The second kappa shape index (κ2) is 8.63. The standard InChI is InChI=1S/C31H26ClNO5/c1-14-7-8-17(12-23(14)32)33-30(37)20-10-9-18-21(26(20)31(33)38)13-22-24(34)11-16(3)29(36)27(22)25(18)19-6-4-5-15(2)28(19)35/h4-9,11-12,20-21,25-26,35H,10,13H2,1-3H3. The smallest absolute Gasteiger partial charge is 0.238 e. The molecule has 0 spiro atoms. The SMILES string of the molecule is CC1=CC(=O)C2=C(C1=O)C(c1cccc(C)c1O)C1=CCC3C(=O)N(c4ccc(C)c(Cl)c4)C(=O)C3C1C2. The van der Waals surface area contributed by atoms with E-state index < -0.39 is 23.7 Å². The summed E-state index contributed by atoms with van der Waals surface area (Å²) >= 11 is 6.32. The van der Waals surface area contributed by atoms with E-state index in [9.17, 15) is 24.3 Å². The van der Waals surface area contributed by atoms with Gasteiger partial charge in [-0.05, 0) is 68.9 Å². The van der Waals surface area contributed by atoms with Crippen LogP contribution >= 0.6 is 11.6 Å². The molecule has 0 saturated carbocycles. The van der Waals surface area contributed by atoms with Gasteiger partial charge in [0, 0.05) is 33.2 Å². The molecule has 1 heterocycles. The van der Waals surface area contributed by atoms with Crippen molar-refractivity contribution in [3.63, 3.8) is 0 Å². The highest BCUT2D eigenvalue weighted by Gasteiger charge is 2.56. The highest BCUT2D eigenvalue weighted by molar-refractivity contribution is 6.32. The highest BCUT2D eigenvalue weighted by Crippen LogP contribution is 2.56. The molecule has 4 unspecified atom stereocenters. The van der Waals surface area contributed by atoms with Crippen LogP contribution in [0.15, 0.2) is 70.8 Å².